The smallest absolute Gasteiger partial charge is 0.137 e. The van der Waals surface area contributed by atoms with E-state index in [0.29, 0.717) is 10.9 Å². The van der Waals surface area contributed by atoms with Crippen LogP contribution < -0.4 is 11.3 Å². The monoisotopic (exact) mass is 324 g/mol. The summed E-state index contributed by atoms with van der Waals surface area (Å²) in [6.07, 6.45) is 3.99. The lowest BCUT2D eigenvalue weighted by molar-refractivity contribution is 0.534. The first-order valence-electron chi connectivity index (χ1n) is 5.78. The highest BCUT2D eigenvalue weighted by Crippen LogP contribution is 2.21. The fourth-order valence-corrected chi connectivity index (χ4v) is 2.16. The Bertz CT molecular complexity index is 559. The molecule has 19 heavy (non-hydrogen) atoms. The number of nitrogens with two attached hydrogens (primary N) is 1. The molecule has 1 atom stereocenters. The lowest BCUT2D eigenvalue weighted by Crippen LogP contribution is -2.30. The van der Waals surface area contributed by atoms with Crippen molar-refractivity contribution in [1.82, 2.24) is 15.4 Å². The van der Waals surface area contributed by atoms with E-state index in [0.717, 1.165) is 17.0 Å². The molecule has 0 radical (unpaired) electrons. The highest BCUT2D eigenvalue weighted by atomic mass is 79.9. The van der Waals surface area contributed by atoms with Crippen molar-refractivity contribution < 1.29 is 4.39 Å². The molecule has 1 unspecified atom stereocenters. The van der Waals surface area contributed by atoms with Gasteiger partial charge in [-0.25, -0.2) is 4.39 Å². The van der Waals surface area contributed by atoms with Crippen molar-refractivity contribution in [3.63, 3.8) is 0 Å². The first kappa shape index (κ1) is 14.0. The van der Waals surface area contributed by atoms with E-state index in [4.69, 9.17) is 5.84 Å². The van der Waals surface area contributed by atoms with Crippen LogP contribution in [-0.2, 0) is 6.42 Å². The molecule has 0 fully saturated rings. The molecular formula is C13H14BrFN4. The predicted octanol–water partition coefficient (Wildman–Crippen LogP) is 2.43. The van der Waals surface area contributed by atoms with Crippen LogP contribution in [0, 0.1) is 12.7 Å². The van der Waals surface area contributed by atoms with Crippen LogP contribution in [-0.4, -0.2) is 9.97 Å². The predicted molar refractivity (Wildman–Crippen MR) is 74.6 cm³/mol. The van der Waals surface area contributed by atoms with Crippen molar-refractivity contribution >= 4 is 15.9 Å². The van der Waals surface area contributed by atoms with Crippen molar-refractivity contribution in [2.24, 2.45) is 5.84 Å². The number of hydrogen-bond acceptors (Lipinski definition) is 4. The Kier molecular flexibility index (Phi) is 4.57. The summed E-state index contributed by atoms with van der Waals surface area (Å²) in [6.45, 7) is 1.87. The van der Waals surface area contributed by atoms with E-state index < -0.39 is 0 Å². The minimum absolute atomic E-state index is 0.162. The van der Waals surface area contributed by atoms with E-state index in [1.165, 1.54) is 6.07 Å². The number of nitrogens with one attached hydrogen (secondary N) is 1. The van der Waals surface area contributed by atoms with Crippen LogP contribution in [0.1, 0.15) is 23.0 Å². The van der Waals surface area contributed by atoms with Crippen molar-refractivity contribution in [3.05, 3.63) is 57.8 Å². The second-order valence-corrected chi connectivity index (χ2v) is 5.11. The summed E-state index contributed by atoms with van der Waals surface area (Å²) in [5, 5.41) is 0. The molecule has 3 N–H and O–H groups in total. The molecule has 0 amide bonds. The van der Waals surface area contributed by atoms with Gasteiger partial charge in [-0.1, -0.05) is 6.07 Å². The van der Waals surface area contributed by atoms with Gasteiger partial charge in [0.25, 0.3) is 0 Å². The molecule has 1 aromatic heterocycles. The van der Waals surface area contributed by atoms with Crippen molar-refractivity contribution in [3.8, 4) is 0 Å². The number of hydrazine groups is 1. The van der Waals surface area contributed by atoms with Gasteiger partial charge in [0.1, 0.15) is 5.82 Å². The molecule has 6 heteroatoms. The summed E-state index contributed by atoms with van der Waals surface area (Å²) in [7, 11) is 0. The Morgan fingerprint density at radius 3 is 2.74 bits per heavy atom. The van der Waals surface area contributed by atoms with Gasteiger partial charge in [-0.05, 0) is 47.0 Å². The molecule has 0 saturated carbocycles. The fraction of sp³-hybridized carbons (Fsp3) is 0.231. The van der Waals surface area contributed by atoms with E-state index in [2.05, 4.69) is 31.3 Å². The number of benzene rings is 1. The molecule has 0 aliphatic carbocycles. The van der Waals surface area contributed by atoms with Crippen LogP contribution in [0.3, 0.4) is 0 Å². The standard InChI is InChI=1S/C13H14BrFN4/c1-8-6-18-13(7-17-8)12(19-16)5-9-2-3-11(15)10(14)4-9/h2-4,6-7,12,19H,5,16H2,1H3. The van der Waals surface area contributed by atoms with Crippen LogP contribution >= 0.6 is 15.9 Å². The van der Waals surface area contributed by atoms with Gasteiger partial charge in [0.05, 0.1) is 28.1 Å². The molecule has 0 aliphatic rings. The maximum Gasteiger partial charge on any atom is 0.137 e. The van der Waals surface area contributed by atoms with Gasteiger partial charge in [0, 0.05) is 6.20 Å². The van der Waals surface area contributed by atoms with Gasteiger partial charge in [0.2, 0.25) is 0 Å². The van der Waals surface area contributed by atoms with E-state index >= 15 is 0 Å². The Labute approximate surface area is 119 Å². The maximum atomic E-state index is 13.2. The first-order chi connectivity index (χ1) is 9.10. The van der Waals surface area contributed by atoms with E-state index in [1.807, 2.05) is 6.92 Å². The van der Waals surface area contributed by atoms with Crippen LogP contribution in [0.2, 0.25) is 0 Å². The van der Waals surface area contributed by atoms with Gasteiger partial charge in [-0.3, -0.25) is 21.2 Å². The molecule has 0 aliphatic heterocycles. The quantitative estimate of drug-likeness (QED) is 0.669. The molecule has 2 rings (SSSR count). The van der Waals surface area contributed by atoms with Crippen LogP contribution in [0.4, 0.5) is 4.39 Å². The number of aryl methyl sites for hydroxylation is 1. The molecule has 100 valence electrons. The lowest BCUT2D eigenvalue weighted by atomic mass is 10.0. The number of hydrogen-bond donors (Lipinski definition) is 2. The third-order valence-corrected chi connectivity index (χ3v) is 3.39. The zero-order valence-corrected chi connectivity index (χ0v) is 12.0. The maximum absolute atomic E-state index is 13.2. The largest absolute Gasteiger partial charge is 0.271 e. The lowest BCUT2D eigenvalue weighted by Gasteiger charge is -2.15. The topological polar surface area (TPSA) is 63.8 Å². The molecule has 4 nitrogen and oxygen atoms in total. The Morgan fingerprint density at radius 2 is 2.16 bits per heavy atom. The number of halogens is 2. The number of aromatic nitrogens is 2. The molecule has 0 spiro atoms. The van der Waals surface area contributed by atoms with Crippen LogP contribution in [0.15, 0.2) is 35.1 Å². The van der Waals surface area contributed by atoms with Gasteiger partial charge in [-0.2, -0.15) is 0 Å². The van der Waals surface area contributed by atoms with Gasteiger partial charge < -0.3 is 0 Å². The summed E-state index contributed by atoms with van der Waals surface area (Å²) >= 11 is 3.17. The summed E-state index contributed by atoms with van der Waals surface area (Å²) in [4.78, 5) is 8.49. The molecule has 1 aromatic carbocycles. The average molecular weight is 325 g/mol. The first-order valence-corrected chi connectivity index (χ1v) is 6.58. The zero-order valence-electron chi connectivity index (χ0n) is 10.4. The van der Waals surface area contributed by atoms with Crippen LogP contribution in [0.25, 0.3) is 0 Å². The number of nitrogens with zero attached hydrogens (tertiary/aromatic N) is 2. The van der Waals surface area contributed by atoms with Crippen LogP contribution in [0.5, 0.6) is 0 Å². The normalized spacial score (nSPS) is 12.4. The summed E-state index contributed by atoms with van der Waals surface area (Å²) < 4.78 is 13.6. The van der Waals surface area contributed by atoms with Gasteiger partial charge >= 0.3 is 0 Å². The summed E-state index contributed by atoms with van der Waals surface area (Å²) in [5.74, 6) is 5.27. The SMILES string of the molecule is Cc1cnc(C(Cc2ccc(F)c(Br)c2)NN)cn1. The van der Waals surface area contributed by atoms with E-state index in [1.54, 1.807) is 24.5 Å². The molecular weight excluding hydrogens is 311 g/mol. The summed E-state index contributed by atoms with van der Waals surface area (Å²) in [5.41, 5.74) is 5.27. The molecule has 2 aromatic rings. The molecule has 0 bridgehead atoms. The number of rotatable bonds is 4. The highest BCUT2D eigenvalue weighted by molar-refractivity contribution is 9.10. The van der Waals surface area contributed by atoms with Crippen molar-refractivity contribution in [2.75, 3.05) is 0 Å². The Morgan fingerprint density at radius 1 is 1.37 bits per heavy atom. The minimum Gasteiger partial charge on any atom is -0.271 e. The Hall–Kier alpha value is -1.37. The van der Waals surface area contributed by atoms with E-state index in [-0.39, 0.29) is 11.9 Å². The average Bonchev–Trinajstić information content (AvgIpc) is 2.41. The Balaban J connectivity index is 2.18. The third-order valence-electron chi connectivity index (χ3n) is 2.78. The van der Waals surface area contributed by atoms with E-state index in [9.17, 15) is 4.39 Å². The highest BCUT2D eigenvalue weighted by Gasteiger charge is 2.13. The van der Waals surface area contributed by atoms with Crippen molar-refractivity contribution in [1.29, 1.82) is 0 Å². The second-order valence-electron chi connectivity index (χ2n) is 4.25. The third kappa shape index (κ3) is 3.56. The molecule has 1 heterocycles. The molecule has 0 saturated heterocycles. The van der Waals surface area contributed by atoms with Gasteiger partial charge in [-0.15, -0.1) is 0 Å². The summed E-state index contributed by atoms with van der Waals surface area (Å²) in [6, 6.07) is 4.73. The van der Waals surface area contributed by atoms with Crippen molar-refractivity contribution in [2.45, 2.75) is 19.4 Å². The van der Waals surface area contributed by atoms with Gasteiger partial charge in [0.15, 0.2) is 0 Å². The zero-order chi connectivity index (χ0) is 13.8. The fourth-order valence-electron chi connectivity index (χ4n) is 1.73. The second kappa shape index (κ2) is 6.18. The minimum atomic E-state index is -0.281.